The number of nitrogen functional groups attached to an aromatic ring is 1. The molecule has 1 heterocycles. The van der Waals surface area contributed by atoms with Crippen LogP contribution in [0.5, 0.6) is 17.4 Å². The molecule has 0 bridgehead atoms. The Labute approximate surface area is 157 Å². The number of carbonyl (C=O) groups excluding carboxylic acids is 1. The van der Waals surface area contributed by atoms with E-state index in [4.69, 9.17) is 20.9 Å². The van der Waals surface area contributed by atoms with Gasteiger partial charge >= 0.3 is 0 Å². The van der Waals surface area contributed by atoms with Crippen LogP contribution < -0.4 is 20.9 Å². The van der Waals surface area contributed by atoms with Gasteiger partial charge in [-0.05, 0) is 48.7 Å². The highest BCUT2D eigenvalue weighted by Crippen LogP contribution is 2.43. The van der Waals surface area contributed by atoms with Gasteiger partial charge in [0.05, 0.1) is 23.9 Å². The van der Waals surface area contributed by atoms with E-state index >= 15 is 0 Å². The number of carbonyl (C=O) groups is 1. The summed E-state index contributed by atoms with van der Waals surface area (Å²) in [4.78, 5) is 16.1. The quantitative estimate of drug-likeness (QED) is 0.717. The van der Waals surface area contributed by atoms with Crippen LogP contribution in [-0.2, 0) is 0 Å². The van der Waals surface area contributed by atoms with Crippen LogP contribution in [0, 0.1) is 13.8 Å². The smallest absolute Gasteiger partial charge is 0.252 e. The van der Waals surface area contributed by atoms with Crippen LogP contribution in [0.2, 0.25) is 0 Å². The number of nitrogens with two attached hydrogens (primary N) is 2. The lowest BCUT2D eigenvalue weighted by atomic mass is 9.93. The molecule has 0 atom stereocenters. The van der Waals surface area contributed by atoms with Crippen molar-refractivity contribution in [1.82, 2.24) is 4.98 Å². The van der Waals surface area contributed by atoms with Crippen molar-refractivity contribution in [2.75, 3.05) is 12.8 Å². The second kappa shape index (κ2) is 7.37. The zero-order chi connectivity index (χ0) is 19.6. The average molecular weight is 363 g/mol. The fourth-order valence-corrected chi connectivity index (χ4v) is 3.06. The molecule has 0 saturated carbocycles. The van der Waals surface area contributed by atoms with Gasteiger partial charge in [-0.1, -0.05) is 24.3 Å². The maximum atomic E-state index is 11.8. The van der Waals surface area contributed by atoms with E-state index in [1.807, 2.05) is 56.3 Å². The van der Waals surface area contributed by atoms with Crippen LogP contribution in [-0.4, -0.2) is 18.0 Å². The monoisotopic (exact) mass is 363 g/mol. The fourth-order valence-electron chi connectivity index (χ4n) is 3.06. The first-order chi connectivity index (χ1) is 12.9. The highest BCUT2D eigenvalue weighted by Gasteiger charge is 2.23. The summed E-state index contributed by atoms with van der Waals surface area (Å²) in [7, 11) is 1.60. The number of aryl methyl sites for hydroxylation is 1. The zero-order valence-corrected chi connectivity index (χ0v) is 15.4. The fraction of sp³-hybridized carbons (Fsp3) is 0.143. The van der Waals surface area contributed by atoms with E-state index in [2.05, 4.69) is 4.98 Å². The Morgan fingerprint density at radius 2 is 1.74 bits per heavy atom. The van der Waals surface area contributed by atoms with Gasteiger partial charge in [-0.25, -0.2) is 4.98 Å². The number of anilines is 1. The molecule has 4 N–H and O–H groups in total. The van der Waals surface area contributed by atoms with Crippen molar-refractivity contribution in [3.8, 4) is 28.5 Å². The van der Waals surface area contributed by atoms with Gasteiger partial charge in [0.25, 0.3) is 5.91 Å². The van der Waals surface area contributed by atoms with Crippen LogP contribution in [0.3, 0.4) is 0 Å². The molecular weight excluding hydrogens is 342 g/mol. The second-order valence-electron chi connectivity index (χ2n) is 6.13. The van der Waals surface area contributed by atoms with E-state index in [0.29, 0.717) is 22.9 Å². The van der Waals surface area contributed by atoms with Crippen molar-refractivity contribution >= 4 is 11.6 Å². The Balaban J connectivity index is 2.29. The molecule has 0 aliphatic rings. The van der Waals surface area contributed by atoms with Crippen LogP contribution in [0.1, 0.15) is 21.5 Å². The molecule has 0 saturated heterocycles. The van der Waals surface area contributed by atoms with Crippen LogP contribution in [0.25, 0.3) is 11.1 Å². The van der Waals surface area contributed by atoms with Gasteiger partial charge in [-0.15, -0.1) is 0 Å². The Morgan fingerprint density at radius 1 is 1.04 bits per heavy atom. The Kier molecular flexibility index (Phi) is 4.98. The first-order valence-corrected chi connectivity index (χ1v) is 8.39. The number of hydrogen-bond donors (Lipinski definition) is 2. The first kappa shape index (κ1) is 18.3. The second-order valence-corrected chi connectivity index (χ2v) is 6.13. The minimum atomic E-state index is -0.647. The van der Waals surface area contributed by atoms with Gasteiger partial charge in [-0.2, -0.15) is 0 Å². The van der Waals surface area contributed by atoms with E-state index < -0.39 is 5.91 Å². The number of ether oxygens (including phenoxy) is 2. The number of amides is 1. The molecule has 0 fully saturated rings. The summed E-state index contributed by atoms with van der Waals surface area (Å²) >= 11 is 0. The molecule has 1 amide bonds. The molecule has 2 aromatic carbocycles. The SMILES string of the molecule is COc1ccc(C)c(-c2c(Oc3ccccc3)ncc(C(N)=O)c2N)c1C. The molecule has 3 aromatic rings. The number of hydrogen-bond acceptors (Lipinski definition) is 5. The first-order valence-electron chi connectivity index (χ1n) is 8.39. The zero-order valence-electron chi connectivity index (χ0n) is 15.4. The van der Waals surface area contributed by atoms with Gasteiger partial charge in [0.1, 0.15) is 11.5 Å². The molecule has 27 heavy (non-hydrogen) atoms. The number of nitrogens with zero attached hydrogens (tertiary/aromatic N) is 1. The summed E-state index contributed by atoms with van der Waals surface area (Å²) < 4.78 is 11.4. The number of aromatic nitrogens is 1. The predicted molar refractivity (Wildman–Crippen MR) is 105 cm³/mol. The molecule has 1 aromatic heterocycles. The Hall–Kier alpha value is -3.54. The number of primary amides is 1. The molecule has 138 valence electrons. The summed E-state index contributed by atoms with van der Waals surface area (Å²) in [6, 6.07) is 13.0. The minimum absolute atomic E-state index is 0.145. The Morgan fingerprint density at radius 3 is 2.37 bits per heavy atom. The number of rotatable bonds is 5. The molecule has 6 nitrogen and oxygen atoms in total. The number of para-hydroxylation sites is 1. The van der Waals surface area contributed by atoms with Gasteiger partial charge in [-0.3, -0.25) is 4.79 Å². The minimum Gasteiger partial charge on any atom is -0.496 e. The summed E-state index contributed by atoms with van der Waals surface area (Å²) in [5.41, 5.74) is 15.3. The highest BCUT2D eigenvalue weighted by molar-refractivity contribution is 6.02. The van der Waals surface area contributed by atoms with Crippen molar-refractivity contribution in [2.24, 2.45) is 5.73 Å². The predicted octanol–water partition coefficient (Wildman–Crippen LogP) is 3.85. The summed E-state index contributed by atoms with van der Waals surface area (Å²) in [6.07, 6.45) is 1.34. The van der Waals surface area contributed by atoms with Crippen molar-refractivity contribution in [2.45, 2.75) is 13.8 Å². The Bertz CT molecular complexity index is 1000. The molecule has 0 aliphatic heterocycles. The molecule has 3 rings (SSSR count). The van der Waals surface area contributed by atoms with E-state index in [1.54, 1.807) is 7.11 Å². The van der Waals surface area contributed by atoms with Crippen molar-refractivity contribution in [1.29, 1.82) is 0 Å². The molecular formula is C21H21N3O3. The van der Waals surface area contributed by atoms with E-state index in [0.717, 1.165) is 16.7 Å². The third-order valence-corrected chi connectivity index (χ3v) is 4.40. The lowest BCUT2D eigenvalue weighted by Crippen LogP contribution is -2.15. The molecule has 0 spiro atoms. The standard InChI is InChI=1S/C21H21N3O3/c1-12-9-10-16(26-3)13(2)17(12)18-19(22)15(20(23)25)11-24-21(18)27-14-7-5-4-6-8-14/h4-11H,1-3H3,(H2,22,24)(H2,23,25). The maximum Gasteiger partial charge on any atom is 0.252 e. The van der Waals surface area contributed by atoms with Crippen molar-refractivity contribution in [3.63, 3.8) is 0 Å². The van der Waals surface area contributed by atoms with Crippen LogP contribution in [0.15, 0.2) is 48.7 Å². The van der Waals surface area contributed by atoms with Gasteiger partial charge in [0, 0.05) is 6.20 Å². The van der Waals surface area contributed by atoms with Gasteiger partial charge < -0.3 is 20.9 Å². The third-order valence-electron chi connectivity index (χ3n) is 4.40. The lowest BCUT2D eigenvalue weighted by molar-refractivity contribution is 0.100. The maximum absolute atomic E-state index is 11.8. The average Bonchev–Trinajstić information content (AvgIpc) is 2.64. The van der Waals surface area contributed by atoms with Gasteiger partial charge in [0.15, 0.2) is 0 Å². The van der Waals surface area contributed by atoms with Crippen molar-refractivity contribution < 1.29 is 14.3 Å². The van der Waals surface area contributed by atoms with Crippen molar-refractivity contribution in [3.05, 3.63) is 65.4 Å². The third kappa shape index (κ3) is 3.42. The molecule has 0 unspecified atom stereocenters. The number of pyridine rings is 1. The lowest BCUT2D eigenvalue weighted by Gasteiger charge is -2.19. The number of methoxy groups -OCH3 is 1. The van der Waals surface area contributed by atoms with E-state index in [-0.39, 0.29) is 11.3 Å². The molecule has 0 radical (unpaired) electrons. The highest BCUT2D eigenvalue weighted by atomic mass is 16.5. The van der Waals surface area contributed by atoms with Gasteiger partial charge in [0.2, 0.25) is 5.88 Å². The molecule has 0 aliphatic carbocycles. The summed E-state index contributed by atoms with van der Waals surface area (Å²) in [5.74, 6) is 0.953. The number of benzene rings is 2. The topological polar surface area (TPSA) is 100 Å². The van der Waals surface area contributed by atoms with E-state index in [9.17, 15) is 4.79 Å². The summed E-state index contributed by atoms with van der Waals surface area (Å²) in [6.45, 7) is 3.87. The largest absolute Gasteiger partial charge is 0.496 e. The van der Waals surface area contributed by atoms with E-state index in [1.165, 1.54) is 6.20 Å². The van der Waals surface area contributed by atoms with Crippen LogP contribution in [0.4, 0.5) is 5.69 Å². The summed E-state index contributed by atoms with van der Waals surface area (Å²) in [5, 5.41) is 0. The van der Waals surface area contributed by atoms with Crippen LogP contribution >= 0.6 is 0 Å². The normalized spacial score (nSPS) is 10.5. The molecule has 6 heteroatoms.